The Balaban J connectivity index is 2.74. The van der Waals surface area contributed by atoms with Crippen molar-refractivity contribution < 1.29 is 4.74 Å². The summed E-state index contributed by atoms with van der Waals surface area (Å²) in [4.78, 5) is 11.5. The van der Waals surface area contributed by atoms with E-state index in [2.05, 4.69) is 10.4 Å². The molecule has 5 nitrogen and oxygen atoms in total. The zero-order valence-electron chi connectivity index (χ0n) is 9.66. The molecule has 1 rings (SSSR count). The number of hydrogen-bond donors (Lipinski definition) is 1. The summed E-state index contributed by atoms with van der Waals surface area (Å²) in [5, 5.41) is 7.12. The van der Waals surface area contributed by atoms with Crippen LogP contribution in [0.1, 0.15) is 13.8 Å². The van der Waals surface area contributed by atoms with Crippen molar-refractivity contribution in [3.8, 4) is 0 Å². The van der Waals surface area contributed by atoms with E-state index in [1.807, 2.05) is 13.8 Å². The van der Waals surface area contributed by atoms with Crippen molar-refractivity contribution in [1.29, 1.82) is 0 Å². The maximum absolute atomic E-state index is 11.5. The monoisotopic (exact) mass is 245 g/mol. The van der Waals surface area contributed by atoms with Crippen molar-refractivity contribution in [2.75, 3.05) is 18.5 Å². The Kier molecular flexibility index (Phi) is 4.76. The fraction of sp³-hybridized carbons (Fsp3) is 0.600. The number of aromatic nitrogens is 2. The minimum atomic E-state index is -0.310. The van der Waals surface area contributed by atoms with Crippen molar-refractivity contribution in [2.24, 2.45) is 7.05 Å². The van der Waals surface area contributed by atoms with Gasteiger partial charge in [-0.2, -0.15) is 5.10 Å². The summed E-state index contributed by atoms with van der Waals surface area (Å²) in [5.41, 5.74) is 0.229. The third-order valence-corrected chi connectivity index (χ3v) is 2.42. The number of anilines is 1. The van der Waals surface area contributed by atoms with Gasteiger partial charge >= 0.3 is 0 Å². The number of rotatable bonds is 5. The van der Waals surface area contributed by atoms with E-state index in [1.165, 1.54) is 10.9 Å². The van der Waals surface area contributed by atoms with Gasteiger partial charge in [0.1, 0.15) is 5.02 Å². The lowest BCUT2D eigenvalue weighted by Gasteiger charge is -2.15. The first kappa shape index (κ1) is 13.0. The Bertz CT molecular complexity index is 406. The Hall–Kier alpha value is -1.07. The molecule has 1 aromatic rings. The van der Waals surface area contributed by atoms with E-state index >= 15 is 0 Å². The first-order valence-electron chi connectivity index (χ1n) is 5.12. The normalized spacial score (nSPS) is 12.5. The predicted octanol–water partition coefficient (Wildman–Crippen LogP) is 1.27. The van der Waals surface area contributed by atoms with Gasteiger partial charge in [0.05, 0.1) is 18.5 Å². The Labute approximate surface area is 99.4 Å². The summed E-state index contributed by atoms with van der Waals surface area (Å²) in [5.74, 6) is 0. The highest BCUT2D eigenvalue weighted by atomic mass is 35.5. The molecule has 1 unspecified atom stereocenters. The van der Waals surface area contributed by atoms with Gasteiger partial charge in [-0.1, -0.05) is 11.6 Å². The van der Waals surface area contributed by atoms with Crippen molar-refractivity contribution in [3.05, 3.63) is 21.6 Å². The molecule has 6 heteroatoms. The van der Waals surface area contributed by atoms with Gasteiger partial charge in [0.2, 0.25) is 0 Å². The van der Waals surface area contributed by atoms with Crippen LogP contribution in [0.25, 0.3) is 0 Å². The van der Waals surface area contributed by atoms with Gasteiger partial charge in [-0.15, -0.1) is 0 Å². The average Bonchev–Trinajstić information content (AvgIpc) is 2.27. The van der Waals surface area contributed by atoms with E-state index in [9.17, 15) is 4.79 Å². The lowest BCUT2D eigenvalue weighted by Crippen LogP contribution is -2.26. The summed E-state index contributed by atoms with van der Waals surface area (Å²) in [6.45, 7) is 5.10. The second-order valence-corrected chi connectivity index (χ2v) is 3.88. The highest BCUT2D eigenvalue weighted by Crippen LogP contribution is 2.15. The molecule has 1 N–H and O–H groups in total. The Morgan fingerprint density at radius 3 is 3.00 bits per heavy atom. The number of aryl methyl sites for hydroxylation is 1. The minimum absolute atomic E-state index is 0.0753. The molecule has 0 spiro atoms. The fourth-order valence-corrected chi connectivity index (χ4v) is 1.44. The van der Waals surface area contributed by atoms with E-state index in [4.69, 9.17) is 16.3 Å². The van der Waals surface area contributed by atoms with Gasteiger partial charge in [-0.3, -0.25) is 4.79 Å². The molecule has 1 atom stereocenters. The fourth-order valence-electron chi connectivity index (χ4n) is 1.21. The quantitative estimate of drug-likeness (QED) is 0.849. The maximum Gasteiger partial charge on any atom is 0.287 e. The molecule has 0 amide bonds. The third kappa shape index (κ3) is 3.21. The molecule has 0 saturated heterocycles. The number of ether oxygens (including phenoxy) is 1. The summed E-state index contributed by atoms with van der Waals surface area (Å²) >= 11 is 5.90. The van der Waals surface area contributed by atoms with Crippen LogP contribution in [-0.2, 0) is 11.8 Å². The van der Waals surface area contributed by atoms with Crippen LogP contribution >= 0.6 is 11.6 Å². The molecule has 0 aromatic carbocycles. The molecule has 1 heterocycles. The van der Waals surface area contributed by atoms with Crippen molar-refractivity contribution in [3.63, 3.8) is 0 Å². The molecule has 0 aliphatic rings. The number of nitrogens with one attached hydrogen (secondary N) is 1. The molecule has 16 heavy (non-hydrogen) atoms. The van der Waals surface area contributed by atoms with Gasteiger partial charge in [-0.25, -0.2) is 4.68 Å². The van der Waals surface area contributed by atoms with Crippen LogP contribution < -0.4 is 10.9 Å². The van der Waals surface area contributed by atoms with Gasteiger partial charge in [-0.05, 0) is 13.8 Å². The van der Waals surface area contributed by atoms with Crippen LogP contribution in [0.5, 0.6) is 0 Å². The average molecular weight is 246 g/mol. The second kappa shape index (κ2) is 5.86. The zero-order valence-corrected chi connectivity index (χ0v) is 10.4. The van der Waals surface area contributed by atoms with E-state index in [-0.39, 0.29) is 16.6 Å². The minimum Gasteiger partial charge on any atom is -0.380 e. The van der Waals surface area contributed by atoms with Crippen molar-refractivity contribution >= 4 is 17.3 Å². The smallest absolute Gasteiger partial charge is 0.287 e. The lowest BCUT2D eigenvalue weighted by atomic mass is 10.3. The number of hydrogen-bond acceptors (Lipinski definition) is 4. The van der Waals surface area contributed by atoms with Gasteiger partial charge in [0.15, 0.2) is 0 Å². The number of halogens is 1. The van der Waals surface area contributed by atoms with Crippen molar-refractivity contribution in [2.45, 2.75) is 19.9 Å². The van der Waals surface area contributed by atoms with E-state index in [0.29, 0.717) is 18.9 Å². The Morgan fingerprint density at radius 2 is 2.38 bits per heavy atom. The van der Waals surface area contributed by atoms with Gasteiger partial charge in [0.25, 0.3) is 5.56 Å². The first-order chi connectivity index (χ1) is 7.56. The standard InChI is InChI=1S/C10H16ClN3O2/c1-4-16-6-7(2)13-8-5-12-14(3)10(15)9(8)11/h5,7,13H,4,6H2,1-3H3. The highest BCUT2D eigenvalue weighted by molar-refractivity contribution is 6.32. The van der Waals surface area contributed by atoms with Gasteiger partial charge in [0, 0.05) is 19.7 Å². The predicted molar refractivity (Wildman–Crippen MR) is 64.1 cm³/mol. The SMILES string of the molecule is CCOCC(C)Nc1cnn(C)c(=O)c1Cl. The second-order valence-electron chi connectivity index (χ2n) is 3.51. The Morgan fingerprint density at radius 1 is 1.69 bits per heavy atom. The van der Waals surface area contributed by atoms with E-state index in [0.717, 1.165) is 0 Å². The molecule has 0 fully saturated rings. The molecule has 1 aromatic heterocycles. The van der Waals surface area contributed by atoms with Crippen LogP contribution in [0.2, 0.25) is 5.02 Å². The van der Waals surface area contributed by atoms with Crippen LogP contribution in [-0.4, -0.2) is 29.0 Å². The lowest BCUT2D eigenvalue weighted by molar-refractivity contribution is 0.141. The topological polar surface area (TPSA) is 56.1 Å². The molecular weight excluding hydrogens is 230 g/mol. The summed E-state index contributed by atoms with van der Waals surface area (Å²) in [6.07, 6.45) is 1.53. The molecular formula is C10H16ClN3O2. The van der Waals surface area contributed by atoms with Gasteiger partial charge < -0.3 is 10.1 Å². The van der Waals surface area contributed by atoms with Crippen LogP contribution in [0.3, 0.4) is 0 Å². The largest absolute Gasteiger partial charge is 0.380 e. The maximum atomic E-state index is 11.5. The summed E-state index contributed by atoms with van der Waals surface area (Å²) in [6, 6.07) is 0.0753. The van der Waals surface area contributed by atoms with Crippen LogP contribution in [0.4, 0.5) is 5.69 Å². The molecule has 0 radical (unpaired) electrons. The van der Waals surface area contributed by atoms with E-state index in [1.54, 1.807) is 7.05 Å². The third-order valence-electron chi connectivity index (χ3n) is 2.05. The van der Waals surface area contributed by atoms with E-state index < -0.39 is 0 Å². The molecule has 0 bridgehead atoms. The summed E-state index contributed by atoms with van der Waals surface area (Å²) < 4.78 is 6.45. The molecule has 0 aliphatic carbocycles. The van der Waals surface area contributed by atoms with Crippen LogP contribution in [0, 0.1) is 0 Å². The molecule has 0 aliphatic heterocycles. The highest BCUT2D eigenvalue weighted by Gasteiger charge is 2.09. The molecule has 0 saturated carbocycles. The first-order valence-corrected chi connectivity index (χ1v) is 5.50. The molecule has 90 valence electrons. The van der Waals surface area contributed by atoms with Crippen molar-refractivity contribution in [1.82, 2.24) is 9.78 Å². The zero-order chi connectivity index (χ0) is 12.1. The van der Waals surface area contributed by atoms with Crippen LogP contribution in [0.15, 0.2) is 11.0 Å². The number of nitrogens with zero attached hydrogens (tertiary/aromatic N) is 2. The summed E-state index contributed by atoms with van der Waals surface area (Å²) in [7, 11) is 1.56.